The summed E-state index contributed by atoms with van der Waals surface area (Å²) in [4.78, 5) is 16.4. The van der Waals surface area contributed by atoms with E-state index in [0.29, 0.717) is 6.54 Å². The molecule has 0 saturated carbocycles. The number of nitrogens with one attached hydrogen (secondary N) is 1. The Labute approximate surface area is 162 Å². The molecule has 1 aliphatic rings. The van der Waals surface area contributed by atoms with Gasteiger partial charge in [-0.25, -0.2) is 4.98 Å². The molecule has 2 aromatic carbocycles. The van der Waals surface area contributed by atoms with Crippen LogP contribution in [-0.2, 0) is 11.3 Å². The van der Waals surface area contributed by atoms with Gasteiger partial charge >= 0.3 is 0 Å². The minimum Gasteiger partial charge on any atom is -0.454 e. The van der Waals surface area contributed by atoms with E-state index in [1.807, 2.05) is 61.7 Å². The molecule has 1 N–H and O–H groups in total. The van der Waals surface area contributed by atoms with E-state index < -0.39 is 0 Å². The van der Waals surface area contributed by atoms with Crippen molar-refractivity contribution in [3.05, 3.63) is 53.4 Å². The molecule has 0 unspecified atom stereocenters. The summed E-state index contributed by atoms with van der Waals surface area (Å²) < 4.78 is 10.8. The number of benzene rings is 2. The van der Waals surface area contributed by atoms with Gasteiger partial charge in [-0.3, -0.25) is 4.79 Å². The van der Waals surface area contributed by atoms with Crippen molar-refractivity contribution in [1.29, 1.82) is 0 Å². The minimum absolute atomic E-state index is 0.00538. The van der Waals surface area contributed by atoms with E-state index >= 15 is 0 Å². The molecule has 27 heavy (non-hydrogen) atoms. The number of hydrogen-bond acceptors (Lipinski definition) is 5. The maximum absolute atomic E-state index is 11.7. The molecule has 138 valence electrons. The lowest BCUT2D eigenvalue weighted by molar-refractivity contribution is -0.124. The van der Waals surface area contributed by atoms with Crippen LogP contribution < -0.4 is 14.8 Å². The first kappa shape index (κ1) is 17.5. The molecule has 2 heterocycles. The lowest BCUT2D eigenvalue weighted by atomic mass is 10.1. The Morgan fingerprint density at radius 1 is 1.11 bits per heavy atom. The van der Waals surface area contributed by atoms with E-state index in [2.05, 4.69) is 5.32 Å². The number of rotatable bonds is 5. The van der Waals surface area contributed by atoms with Crippen LogP contribution in [-0.4, -0.2) is 17.7 Å². The lowest BCUT2D eigenvalue weighted by Crippen LogP contribution is -2.27. The molecule has 6 heteroatoms. The SMILES string of the molecule is CC(C)C(=O)NCc1ccc(-c2nc(-c3ccc4c(c3)OCO4)cs2)cc1. The third kappa shape index (κ3) is 3.80. The lowest BCUT2D eigenvalue weighted by Gasteiger charge is -2.08. The van der Waals surface area contributed by atoms with Crippen molar-refractivity contribution in [2.75, 3.05) is 6.79 Å². The molecule has 0 fully saturated rings. The minimum atomic E-state index is -0.00538. The Kier molecular flexibility index (Phi) is 4.81. The molecule has 5 nitrogen and oxygen atoms in total. The summed E-state index contributed by atoms with van der Waals surface area (Å²) in [6.07, 6.45) is 0. The summed E-state index contributed by atoms with van der Waals surface area (Å²) in [6.45, 7) is 4.58. The van der Waals surface area contributed by atoms with Crippen LogP contribution in [0.15, 0.2) is 47.8 Å². The van der Waals surface area contributed by atoms with Gasteiger partial charge in [-0.05, 0) is 23.8 Å². The fourth-order valence-corrected chi connectivity index (χ4v) is 3.59. The Morgan fingerprint density at radius 2 is 1.85 bits per heavy atom. The summed E-state index contributed by atoms with van der Waals surface area (Å²) >= 11 is 1.61. The van der Waals surface area contributed by atoms with E-state index in [0.717, 1.165) is 38.9 Å². The highest BCUT2D eigenvalue weighted by Crippen LogP contribution is 2.37. The third-order valence-electron chi connectivity index (χ3n) is 4.36. The highest BCUT2D eigenvalue weighted by atomic mass is 32.1. The van der Waals surface area contributed by atoms with Gasteiger partial charge < -0.3 is 14.8 Å². The Bertz CT molecular complexity index is 964. The first-order valence-electron chi connectivity index (χ1n) is 8.83. The number of carbonyl (C=O) groups excluding carboxylic acids is 1. The standard InChI is InChI=1S/C21H20N2O3S/c1-13(2)20(24)22-10-14-3-5-15(6-4-14)21-23-17(11-27-21)16-7-8-18-19(9-16)26-12-25-18/h3-9,11,13H,10,12H2,1-2H3,(H,22,24). The molecular formula is C21H20N2O3S. The molecule has 3 aromatic rings. The number of thiazole rings is 1. The number of aromatic nitrogens is 1. The number of nitrogens with zero attached hydrogens (tertiary/aromatic N) is 1. The van der Waals surface area contributed by atoms with E-state index in [1.54, 1.807) is 11.3 Å². The van der Waals surface area contributed by atoms with E-state index in [-0.39, 0.29) is 18.6 Å². The van der Waals surface area contributed by atoms with E-state index in [9.17, 15) is 4.79 Å². The molecule has 0 saturated heterocycles. The third-order valence-corrected chi connectivity index (χ3v) is 5.26. The topological polar surface area (TPSA) is 60.5 Å². The summed E-state index contributed by atoms with van der Waals surface area (Å²) in [5.74, 6) is 1.59. The van der Waals surface area contributed by atoms with Crippen molar-refractivity contribution in [2.24, 2.45) is 5.92 Å². The van der Waals surface area contributed by atoms with Crippen LogP contribution in [0.4, 0.5) is 0 Å². The molecule has 4 rings (SSSR count). The molecule has 1 amide bonds. The summed E-state index contributed by atoms with van der Waals surface area (Å²) in [7, 11) is 0. The first-order chi connectivity index (χ1) is 13.1. The van der Waals surface area contributed by atoms with E-state index in [1.165, 1.54) is 0 Å². The summed E-state index contributed by atoms with van der Waals surface area (Å²) in [5, 5.41) is 5.93. The van der Waals surface area contributed by atoms with Crippen molar-refractivity contribution in [3.8, 4) is 33.3 Å². The zero-order valence-electron chi connectivity index (χ0n) is 15.2. The van der Waals surface area contributed by atoms with Crippen molar-refractivity contribution in [3.63, 3.8) is 0 Å². The van der Waals surface area contributed by atoms with Gasteiger partial charge in [-0.1, -0.05) is 38.1 Å². The molecule has 1 aromatic heterocycles. The molecule has 0 spiro atoms. The molecule has 0 aliphatic carbocycles. The van der Waals surface area contributed by atoms with Gasteiger partial charge in [-0.15, -0.1) is 11.3 Å². The van der Waals surface area contributed by atoms with Crippen LogP contribution in [0.1, 0.15) is 19.4 Å². The van der Waals surface area contributed by atoms with Gasteiger partial charge in [0.2, 0.25) is 12.7 Å². The monoisotopic (exact) mass is 380 g/mol. The van der Waals surface area contributed by atoms with Crippen LogP contribution in [0, 0.1) is 5.92 Å². The molecule has 0 radical (unpaired) electrons. The van der Waals surface area contributed by atoms with Crippen molar-refractivity contribution in [1.82, 2.24) is 10.3 Å². The zero-order valence-corrected chi connectivity index (χ0v) is 16.0. The second-order valence-corrected chi connectivity index (χ2v) is 7.53. The number of carbonyl (C=O) groups is 1. The number of fused-ring (bicyclic) bond motifs is 1. The van der Waals surface area contributed by atoms with Gasteiger partial charge in [0.1, 0.15) is 5.01 Å². The smallest absolute Gasteiger partial charge is 0.231 e. The second kappa shape index (κ2) is 7.40. The predicted octanol–water partition coefficient (Wildman–Crippen LogP) is 4.48. The van der Waals surface area contributed by atoms with E-state index in [4.69, 9.17) is 14.5 Å². The number of ether oxygens (including phenoxy) is 2. The zero-order chi connectivity index (χ0) is 18.8. The molecule has 1 aliphatic heterocycles. The number of hydrogen-bond donors (Lipinski definition) is 1. The van der Waals surface area contributed by atoms with Crippen molar-refractivity contribution in [2.45, 2.75) is 20.4 Å². The van der Waals surface area contributed by atoms with Crippen LogP contribution in [0.3, 0.4) is 0 Å². The van der Waals surface area contributed by atoms with Crippen molar-refractivity contribution >= 4 is 17.2 Å². The van der Waals surface area contributed by atoms with Gasteiger partial charge in [0.15, 0.2) is 11.5 Å². The van der Waals surface area contributed by atoms with Gasteiger partial charge in [0, 0.05) is 29.0 Å². The normalized spacial score (nSPS) is 12.4. The Balaban J connectivity index is 1.47. The fourth-order valence-electron chi connectivity index (χ4n) is 2.75. The highest BCUT2D eigenvalue weighted by molar-refractivity contribution is 7.13. The average molecular weight is 380 g/mol. The van der Waals surface area contributed by atoms with Gasteiger partial charge in [-0.2, -0.15) is 0 Å². The van der Waals surface area contributed by atoms with Crippen LogP contribution in [0.2, 0.25) is 0 Å². The largest absolute Gasteiger partial charge is 0.454 e. The predicted molar refractivity (Wildman–Crippen MR) is 106 cm³/mol. The molecule has 0 bridgehead atoms. The average Bonchev–Trinajstić information content (AvgIpc) is 3.35. The van der Waals surface area contributed by atoms with Crippen LogP contribution in [0.25, 0.3) is 21.8 Å². The molecular weight excluding hydrogens is 360 g/mol. The summed E-state index contributed by atoms with van der Waals surface area (Å²) in [6, 6.07) is 14.0. The van der Waals surface area contributed by atoms with Gasteiger partial charge in [0.25, 0.3) is 0 Å². The first-order valence-corrected chi connectivity index (χ1v) is 9.70. The maximum atomic E-state index is 11.7. The fraction of sp³-hybridized carbons (Fsp3) is 0.238. The molecule has 0 atom stereocenters. The van der Waals surface area contributed by atoms with Crippen LogP contribution >= 0.6 is 11.3 Å². The highest BCUT2D eigenvalue weighted by Gasteiger charge is 2.15. The Morgan fingerprint density at radius 3 is 2.63 bits per heavy atom. The van der Waals surface area contributed by atoms with Gasteiger partial charge in [0.05, 0.1) is 5.69 Å². The summed E-state index contributed by atoms with van der Waals surface area (Å²) in [5.41, 5.74) is 4.06. The van der Waals surface area contributed by atoms with Crippen LogP contribution in [0.5, 0.6) is 11.5 Å². The number of amides is 1. The second-order valence-electron chi connectivity index (χ2n) is 6.68. The van der Waals surface area contributed by atoms with Crippen molar-refractivity contribution < 1.29 is 14.3 Å². The Hall–Kier alpha value is -2.86. The quantitative estimate of drug-likeness (QED) is 0.709. The maximum Gasteiger partial charge on any atom is 0.231 e.